The highest BCUT2D eigenvalue weighted by Crippen LogP contribution is 2.40. The molecule has 108 valence electrons. The summed E-state index contributed by atoms with van der Waals surface area (Å²) < 4.78 is 13.5. The second-order valence-electron chi connectivity index (χ2n) is 5.12. The molecule has 0 unspecified atom stereocenters. The van der Waals surface area contributed by atoms with Crippen molar-refractivity contribution in [3.63, 3.8) is 0 Å². The van der Waals surface area contributed by atoms with Gasteiger partial charge in [0.2, 0.25) is 5.91 Å². The van der Waals surface area contributed by atoms with Gasteiger partial charge in [0.15, 0.2) is 0 Å². The van der Waals surface area contributed by atoms with Crippen LogP contribution in [0.4, 0.5) is 14.9 Å². The smallest absolute Gasteiger partial charge is 0.405 e. The normalized spacial score (nSPS) is 25.0. The highest BCUT2D eigenvalue weighted by Gasteiger charge is 2.38. The van der Waals surface area contributed by atoms with Crippen LogP contribution in [0.25, 0.3) is 0 Å². The summed E-state index contributed by atoms with van der Waals surface area (Å²) >= 11 is 0. The summed E-state index contributed by atoms with van der Waals surface area (Å²) in [5.41, 5.74) is 1.05. The molecule has 0 fully saturated rings. The fourth-order valence-electron chi connectivity index (χ4n) is 2.81. The third-order valence-electron chi connectivity index (χ3n) is 3.90. The Morgan fingerprint density at radius 3 is 2.55 bits per heavy atom. The van der Waals surface area contributed by atoms with Crippen LogP contribution < -0.4 is 10.2 Å². The number of nitrogens with one attached hydrogen (secondary N) is 1. The van der Waals surface area contributed by atoms with E-state index in [0.717, 1.165) is 0 Å². The van der Waals surface area contributed by atoms with E-state index in [0.29, 0.717) is 11.3 Å². The summed E-state index contributed by atoms with van der Waals surface area (Å²) in [5.74, 6) is -0.763. The molecule has 1 aromatic rings. The number of benzene rings is 1. The van der Waals surface area contributed by atoms with Crippen LogP contribution in [0, 0.1) is 11.7 Å². The zero-order chi connectivity index (χ0) is 15.0. The first-order chi connectivity index (χ1) is 9.32. The van der Waals surface area contributed by atoms with Crippen molar-refractivity contribution in [2.75, 3.05) is 4.90 Å². The fourth-order valence-corrected chi connectivity index (χ4v) is 2.81. The van der Waals surface area contributed by atoms with E-state index in [2.05, 4.69) is 5.32 Å². The second kappa shape index (κ2) is 5.11. The predicted molar refractivity (Wildman–Crippen MR) is 72.1 cm³/mol. The third-order valence-corrected chi connectivity index (χ3v) is 3.90. The average Bonchev–Trinajstić information content (AvgIpc) is 2.35. The maximum atomic E-state index is 13.5. The fraction of sp³-hybridized carbons (Fsp3) is 0.429. The van der Waals surface area contributed by atoms with Gasteiger partial charge >= 0.3 is 6.09 Å². The van der Waals surface area contributed by atoms with E-state index < -0.39 is 18.0 Å². The molecule has 0 aliphatic carbocycles. The van der Waals surface area contributed by atoms with Crippen LogP contribution in [0.15, 0.2) is 18.2 Å². The van der Waals surface area contributed by atoms with E-state index >= 15 is 0 Å². The van der Waals surface area contributed by atoms with Gasteiger partial charge in [0.05, 0.1) is 6.04 Å². The van der Waals surface area contributed by atoms with Crippen LogP contribution >= 0.6 is 0 Å². The number of fused-ring (bicyclic) bond motifs is 1. The monoisotopic (exact) mass is 280 g/mol. The molecule has 1 aliphatic heterocycles. The molecule has 1 aromatic carbocycles. The largest absolute Gasteiger partial charge is 0.465 e. The summed E-state index contributed by atoms with van der Waals surface area (Å²) in [6.07, 6.45) is -1.17. The van der Waals surface area contributed by atoms with Crippen LogP contribution in [-0.4, -0.2) is 23.1 Å². The first kappa shape index (κ1) is 14.3. The van der Waals surface area contributed by atoms with Gasteiger partial charge in [0.25, 0.3) is 0 Å². The van der Waals surface area contributed by atoms with Gasteiger partial charge in [-0.05, 0) is 25.1 Å². The summed E-state index contributed by atoms with van der Waals surface area (Å²) in [7, 11) is 0. The van der Waals surface area contributed by atoms with Crippen molar-refractivity contribution in [3.05, 3.63) is 29.6 Å². The number of anilines is 1. The van der Waals surface area contributed by atoms with E-state index in [4.69, 9.17) is 5.11 Å². The molecule has 0 saturated heterocycles. The molecule has 2 rings (SSSR count). The molecule has 3 atom stereocenters. The molecule has 2 N–H and O–H groups in total. The molecule has 2 amide bonds. The van der Waals surface area contributed by atoms with E-state index in [1.165, 1.54) is 25.1 Å². The Bertz CT molecular complexity index is 561. The first-order valence-electron chi connectivity index (χ1n) is 6.41. The lowest BCUT2D eigenvalue weighted by molar-refractivity contribution is -0.117. The van der Waals surface area contributed by atoms with E-state index in [9.17, 15) is 14.0 Å². The number of nitrogens with zero attached hydrogens (tertiary/aromatic N) is 1. The highest BCUT2D eigenvalue weighted by atomic mass is 19.1. The third kappa shape index (κ3) is 2.33. The Hall–Kier alpha value is -2.11. The zero-order valence-electron chi connectivity index (χ0n) is 11.6. The minimum atomic E-state index is -1.17. The zero-order valence-corrected chi connectivity index (χ0v) is 11.6. The van der Waals surface area contributed by atoms with Crippen LogP contribution in [0.2, 0.25) is 0 Å². The minimum Gasteiger partial charge on any atom is -0.465 e. The molecule has 0 radical (unpaired) electrons. The van der Waals surface area contributed by atoms with Crippen molar-refractivity contribution in [3.8, 4) is 0 Å². The Labute approximate surface area is 116 Å². The van der Waals surface area contributed by atoms with Crippen LogP contribution in [0.1, 0.15) is 32.4 Å². The summed E-state index contributed by atoms with van der Waals surface area (Å²) in [6, 6.07) is 3.36. The highest BCUT2D eigenvalue weighted by molar-refractivity contribution is 5.94. The summed E-state index contributed by atoms with van der Waals surface area (Å²) in [6.45, 7) is 5.14. The van der Waals surface area contributed by atoms with Crippen molar-refractivity contribution in [1.82, 2.24) is 5.32 Å². The second-order valence-corrected chi connectivity index (χ2v) is 5.12. The summed E-state index contributed by atoms with van der Waals surface area (Å²) in [5, 5.41) is 11.4. The Kier molecular flexibility index (Phi) is 3.65. The molecule has 20 heavy (non-hydrogen) atoms. The first-order valence-corrected chi connectivity index (χ1v) is 6.41. The lowest BCUT2D eigenvalue weighted by Crippen LogP contribution is -2.50. The topological polar surface area (TPSA) is 69.6 Å². The lowest BCUT2D eigenvalue weighted by atomic mass is 9.83. The van der Waals surface area contributed by atoms with Gasteiger partial charge < -0.3 is 15.3 Å². The number of hydrogen-bond acceptors (Lipinski definition) is 2. The standard InChI is InChI=1S/C14H17FN2O3/c1-7-8(2)17(9(3)18)12-5-4-10(15)6-11(12)13(7)16-14(19)20/h4-8,13,16H,1-3H3,(H,19,20)/t7-,8-,13+/m0/s1. The van der Waals surface area contributed by atoms with Crippen molar-refractivity contribution in [2.24, 2.45) is 5.92 Å². The number of amides is 2. The van der Waals surface area contributed by atoms with Gasteiger partial charge in [-0.3, -0.25) is 4.79 Å². The molecular formula is C14H17FN2O3. The minimum absolute atomic E-state index is 0.147. The van der Waals surface area contributed by atoms with Gasteiger partial charge in [-0.2, -0.15) is 0 Å². The van der Waals surface area contributed by atoms with Crippen LogP contribution in [0.5, 0.6) is 0 Å². The molecule has 0 aromatic heterocycles. The average molecular weight is 280 g/mol. The predicted octanol–water partition coefficient (Wildman–Crippen LogP) is 2.53. The Balaban J connectivity index is 2.58. The van der Waals surface area contributed by atoms with Crippen molar-refractivity contribution in [1.29, 1.82) is 0 Å². The van der Waals surface area contributed by atoms with Gasteiger partial charge in [0, 0.05) is 30.1 Å². The van der Waals surface area contributed by atoms with Gasteiger partial charge in [-0.1, -0.05) is 6.92 Å². The maximum Gasteiger partial charge on any atom is 0.405 e. The lowest BCUT2D eigenvalue weighted by Gasteiger charge is -2.43. The Morgan fingerprint density at radius 2 is 2.00 bits per heavy atom. The van der Waals surface area contributed by atoms with Crippen LogP contribution in [0.3, 0.4) is 0 Å². The number of hydrogen-bond donors (Lipinski definition) is 2. The number of rotatable bonds is 1. The van der Waals surface area contributed by atoms with Crippen molar-refractivity contribution >= 4 is 17.7 Å². The molecule has 1 heterocycles. The maximum absolute atomic E-state index is 13.5. The molecule has 0 bridgehead atoms. The van der Waals surface area contributed by atoms with Crippen LogP contribution in [-0.2, 0) is 4.79 Å². The van der Waals surface area contributed by atoms with Gasteiger partial charge in [-0.25, -0.2) is 9.18 Å². The molecule has 0 saturated carbocycles. The quantitative estimate of drug-likeness (QED) is 0.830. The number of halogens is 1. The van der Waals surface area contributed by atoms with Gasteiger partial charge in [0.1, 0.15) is 5.82 Å². The summed E-state index contributed by atoms with van der Waals surface area (Å²) in [4.78, 5) is 24.4. The molecule has 1 aliphatic rings. The number of carbonyl (C=O) groups excluding carboxylic acids is 1. The van der Waals surface area contributed by atoms with Crippen molar-refractivity contribution < 1.29 is 19.1 Å². The Morgan fingerprint density at radius 1 is 1.35 bits per heavy atom. The van der Waals surface area contributed by atoms with E-state index in [1.54, 1.807) is 4.90 Å². The molecule has 0 spiro atoms. The van der Waals surface area contributed by atoms with E-state index in [1.807, 2.05) is 13.8 Å². The van der Waals surface area contributed by atoms with E-state index in [-0.39, 0.29) is 17.9 Å². The SMILES string of the molecule is CC(=O)N1c2ccc(F)cc2[C@H](NC(=O)O)[C@@H](C)[C@@H]1C. The number of carboxylic acid groups (broad SMARTS) is 1. The molecule has 5 nitrogen and oxygen atoms in total. The van der Waals surface area contributed by atoms with Crippen molar-refractivity contribution in [2.45, 2.75) is 32.9 Å². The van der Waals surface area contributed by atoms with Gasteiger partial charge in [-0.15, -0.1) is 0 Å². The number of carbonyl (C=O) groups is 2. The molecular weight excluding hydrogens is 263 g/mol. The molecule has 6 heteroatoms.